The summed E-state index contributed by atoms with van der Waals surface area (Å²) in [6.45, 7) is 7.50. The Bertz CT molecular complexity index is 1270. The quantitative estimate of drug-likeness (QED) is 0.265. The van der Waals surface area contributed by atoms with Gasteiger partial charge in [-0.3, -0.25) is 19.6 Å². The minimum atomic E-state index is -0.264. The number of carbonyl (C=O) groups excluding carboxylic acids is 1. The number of halogens is 2. The highest BCUT2D eigenvalue weighted by molar-refractivity contribution is 8.00. The molecule has 2 atom stereocenters. The van der Waals surface area contributed by atoms with E-state index in [9.17, 15) is 4.79 Å². The Balaban J connectivity index is 0.00000320. The Morgan fingerprint density at radius 1 is 1.19 bits per heavy atom. The number of carbonyl (C=O) groups is 1. The van der Waals surface area contributed by atoms with E-state index in [1.165, 1.54) is 11.3 Å². The van der Waals surface area contributed by atoms with Gasteiger partial charge in [0, 0.05) is 41.2 Å². The number of methoxy groups -OCH3 is 1. The summed E-state index contributed by atoms with van der Waals surface area (Å²) < 4.78 is 11.8. The van der Waals surface area contributed by atoms with Crippen LogP contribution in [0.2, 0.25) is 5.02 Å². The van der Waals surface area contributed by atoms with Crippen LogP contribution < -0.4 is 14.4 Å². The third kappa shape index (κ3) is 5.55. The van der Waals surface area contributed by atoms with E-state index >= 15 is 0 Å². The Hall–Kier alpha value is -2.45. The van der Waals surface area contributed by atoms with Crippen molar-refractivity contribution in [2.24, 2.45) is 0 Å². The average Bonchev–Trinajstić information content (AvgIpc) is 3.45. The van der Waals surface area contributed by atoms with Gasteiger partial charge in [-0.2, -0.15) is 0 Å². The van der Waals surface area contributed by atoms with E-state index in [-0.39, 0.29) is 23.7 Å². The number of amides is 1. The zero-order valence-electron chi connectivity index (χ0n) is 21.3. The molecule has 37 heavy (non-hydrogen) atoms. The van der Waals surface area contributed by atoms with E-state index in [0.29, 0.717) is 23.7 Å². The van der Waals surface area contributed by atoms with Gasteiger partial charge in [-0.05, 0) is 68.3 Å². The summed E-state index contributed by atoms with van der Waals surface area (Å²) in [5.74, 6) is 1.44. The number of ether oxygens (including phenoxy) is 2. The van der Waals surface area contributed by atoms with E-state index in [1.54, 1.807) is 30.7 Å². The van der Waals surface area contributed by atoms with Crippen LogP contribution in [0.15, 0.2) is 59.6 Å². The fourth-order valence-electron chi connectivity index (χ4n) is 4.85. The summed E-state index contributed by atoms with van der Waals surface area (Å²) in [5.41, 5.74) is 4.28. The maximum absolute atomic E-state index is 12.7. The molecular formula is C28H31Cl2N3O3S. The Morgan fingerprint density at radius 2 is 2.00 bits per heavy atom. The van der Waals surface area contributed by atoms with Gasteiger partial charge in [0.15, 0.2) is 0 Å². The predicted molar refractivity (Wildman–Crippen MR) is 151 cm³/mol. The number of hydrogen-bond acceptors (Lipinski definition) is 6. The molecule has 1 aromatic heterocycles. The highest BCUT2D eigenvalue weighted by atomic mass is 35.5. The summed E-state index contributed by atoms with van der Waals surface area (Å²) in [7, 11) is 1.64. The second kappa shape index (κ2) is 11.5. The van der Waals surface area contributed by atoms with Gasteiger partial charge >= 0.3 is 0 Å². The molecule has 0 saturated heterocycles. The topological polar surface area (TPSA) is 54.9 Å². The summed E-state index contributed by atoms with van der Waals surface area (Å²) in [6.07, 6.45) is 2.74. The monoisotopic (exact) mass is 559 g/mol. The molecule has 6 nitrogen and oxygen atoms in total. The van der Waals surface area contributed by atoms with Gasteiger partial charge in [-0.15, -0.1) is 12.4 Å². The van der Waals surface area contributed by atoms with Gasteiger partial charge in [0.25, 0.3) is 0 Å². The number of thioether (sulfide) groups is 1. The zero-order chi connectivity index (χ0) is 25.4. The largest absolute Gasteiger partial charge is 0.497 e. The number of anilines is 1. The van der Waals surface area contributed by atoms with Crippen molar-refractivity contribution in [3.8, 4) is 11.5 Å². The van der Waals surface area contributed by atoms with Crippen molar-refractivity contribution in [1.29, 1.82) is 0 Å². The van der Waals surface area contributed by atoms with Gasteiger partial charge < -0.3 is 9.47 Å². The van der Waals surface area contributed by atoms with Crippen molar-refractivity contribution in [3.05, 3.63) is 76.6 Å². The van der Waals surface area contributed by atoms with Crippen LogP contribution >= 0.6 is 35.8 Å². The molecule has 2 aromatic carbocycles. The van der Waals surface area contributed by atoms with E-state index in [1.807, 2.05) is 48.7 Å². The van der Waals surface area contributed by atoms with Crippen molar-refractivity contribution >= 4 is 47.4 Å². The van der Waals surface area contributed by atoms with Crippen LogP contribution in [0.3, 0.4) is 0 Å². The molecule has 5 rings (SSSR count). The number of nitrogens with zero attached hydrogens (tertiary/aromatic N) is 3. The molecule has 9 heteroatoms. The molecular weight excluding hydrogens is 529 g/mol. The minimum absolute atomic E-state index is 0. The molecule has 2 aliphatic rings. The number of pyridine rings is 1. The first-order valence-electron chi connectivity index (χ1n) is 12.2. The maximum Gasteiger partial charge on any atom is 0.225 e. The van der Waals surface area contributed by atoms with Crippen molar-refractivity contribution in [2.75, 3.05) is 25.2 Å². The molecule has 1 aliphatic carbocycles. The molecule has 3 aromatic rings. The van der Waals surface area contributed by atoms with E-state index < -0.39 is 0 Å². The molecule has 0 saturated carbocycles. The highest BCUT2D eigenvalue weighted by Gasteiger charge is 2.40. The smallest absolute Gasteiger partial charge is 0.225 e. The normalized spacial score (nSPS) is 17.3. The highest BCUT2D eigenvalue weighted by Crippen LogP contribution is 2.54. The first-order valence-corrected chi connectivity index (χ1v) is 13.4. The Labute approximate surface area is 233 Å². The third-order valence-corrected chi connectivity index (χ3v) is 8.14. The average molecular weight is 561 g/mol. The van der Waals surface area contributed by atoms with Crippen molar-refractivity contribution in [2.45, 2.75) is 49.5 Å². The van der Waals surface area contributed by atoms with Gasteiger partial charge in [0.1, 0.15) is 16.9 Å². The van der Waals surface area contributed by atoms with Crippen LogP contribution in [0, 0.1) is 0 Å². The fraction of sp³-hybridized carbons (Fsp3) is 0.357. The molecule has 1 amide bonds. The summed E-state index contributed by atoms with van der Waals surface area (Å²) in [6, 6.07) is 16.3. The van der Waals surface area contributed by atoms with E-state index in [4.69, 9.17) is 21.1 Å². The van der Waals surface area contributed by atoms with E-state index in [2.05, 4.69) is 29.8 Å². The minimum Gasteiger partial charge on any atom is -0.497 e. The lowest BCUT2D eigenvalue weighted by Crippen LogP contribution is -2.31. The summed E-state index contributed by atoms with van der Waals surface area (Å²) >= 11 is 7.84. The second-order valence-electron chi connectivity index (χ2n) is 9.29. The third-order valence-electron chi connectivity index (χ3n) is 6.63. The lowest BCUT2D eigenvalue weighted by molar-refractivity contribution is -0.116. The second-order valence-corrected chi connectivity index (χ2v) is 10.8. The molecule has 0 spiro atoms. The van der Waals surface area contributed by atoms with Crippen molar-refractivity contribution < 1.29 is 14.3 Å². The molecule has 0 radical (unpaired) electrons. The molecule has 2 unspecified atom stereocenters. The first-order chi connectivity index (χ1) is 17.4. The van der Waals surface area contributed by atoms with E-state index in [0.717, 1.165) is 40.6 Å². The SMILES string of the molecule is COc1ccc(OCCCN(C(C)C)C2c3cccnc32)c(C2Sc3cc(Cl)ccc3N2C(C)=O)c1.Cl. The van der Waals surface area contributed by atoms with Gasteiger partial charge in [0.05, 0.1) is 31.1 Å². The number of fused-ring (bicyclic) bond motifs is 2. The Morgan fingerprint density at radius 3 is 2.68 bits per heavy atom. The molecule has 0 bridgehead atoms. The molecule has 2 heterocycles. The van der Waals surface area contributed by atoms with Crippen LogP contribution in [0.1, 0.15) is 55.4 Å². The van der Waals surface area contributed by atoms with Gasteiger partial charge in [0.2, 0.25) is 5.91 Å². The molecule has 196 valence electrons. The van der Waals surface area contributed by atoms with Crippen LogP contribution in [-0.2, 0) is 4.79 Å². The van der Waals surface area contributed by atoms with Crippen molar-refractivity contribution in [1.82, 2.24) is 9.88 Å². The number of benzene rings is 2. The van der Waals surface area contributed by atoms with Crippen LogP contribution in [0.4, 0.5) is 5.69 Å². The molecule has 0 fully saturated rings. The maximum atomic E-state index is 12.7. The van der Waals surface area contributed by atoms with Crippen LogP contribution in [0.5, 0.6) is 11.5 Å². The fourth-order valence-corrected chi connectivity index (χ4v) is 6.49. The predicted octanol–water partition coefficient (Wildman–Crippen LogP) is 6.91. The summed E-state index contributed by atoms with van der Waals surface area (Å²) in [5, 5.41) is 0.385. The number of aromatic nitrogens is 1. The lowest BCUT2D eigenvalue weighted by atomic mass is 10.1. The summed E-state index contributed by atoms with van der Waals surface area (Å²) in [4.78, 5) is 22.5. The lowest BCUT2D eigenvalue weighted by Gasteiger charge is -2.27. The van der Waals surface area contributed by atoms with Crippen LogP contribution in [-0.4, -0.2) is 42.1 Å². The van der Waals surface area contributed by atoms with Gasteiger partial charge in [-0.25, -0.2) is 0 Å². The van der Waals surface area contributed by atoms with Crippen molar-refractivity contribution in [3.63, 3.8) is 0 Å². The first kappa shape index (κ1) is 27.6. The zero-order valence-corrected chi connectivity index (χ0v) is 23.7. The molecule has 1 aliphatic heterocycles. The standard InChI is InChI=1S/C28H30ClN3O3S.ClH/c1-17(2)31(27-21-7-5-12-30-26(21)27)13-6-14-35-24-11-9-20(34-4)16-22(24)28-32(18(3)33)23-10-8-19(29)15-25(23)36-28;/h5,7-12,15-17,27-28H,6,13-14H2,1-4H3;1H. The van der Waals surface area contributed by atoms with Crippen LogP contribution in [0.25, 0.3) is 0 Å². The number of hydrogen-bond donors (Lipinski definition) is 0. The Kier molecular flexibility index (Phi) is 8.59. The number of rotatable bonds is 9. The molecule has 0 N–H and O–H groups in total. The van der Waals surface area contributed by atoms with Gasteiger partial charge in [-0.1, -0.05) is 29.4 Å².